The molecule has 0 unspecified atom stereocenters. The van der Waals surface area contributed by atoms with Crippen LogP contribution >= 0.6 is 0 Å². The topological polar surface area (TPSA) is 88.2 Å². The molecule has 2 aliphatic heterocycles. The molecule has 2 aromatic rings. The van der Waals surface area contributed by atoms with E-state index in [1.54, 1.807) is 24.3 Å². The number of sulfonamides is 1. The van der Waals surface area contributed by atoms with E-state index in [2.05, 4.69) is 10.2 Å². The molecule has 0 spiro atoms. The maximum atomic E-state index is 12.9. The molecule has 2 saturated heterocycles. The van der Waals surface area contributed by atoms with Gasteiger partial charge in [-0.1, -0.05) is 0 Å². The van der Waals surface area contributed by atoms with Gasteiger partial charge in [0.1, 0.15) is 5.75 Å². The SMILES string of the molecule is COc1ccc(S(=O)(=O)N2CCC(C(=O)Nc3ccc(N4CCOCC4)cc3)CC2)cc1. The number of amides is 1. The van der Waals surface area contributed by atoms with Gasteiger partial charge in [-0.25, -0.2) is 8.42 Å². The van der Waals surface area contributed by atoms with Crippen LogP contribution in [0.4, 0.5) is 11.4 Å². The van der Waals surface area contributed by atoms with Gasteiger partial charge in [-0.3, -0.25) is 4.79 Å². The predicted octanol–water partition coefficient (Wildman–Crippen LogP) is 2.57. The lowest BCUT2D eigenvalue weighted by atomic mass is 9.97. The summed E-state index contributed by atoms with van der Waals surface area (Å²) < 4.78 is 37.7. The molecule has 172 valence electrons. The van der Waals surface area contributed by atoms with Gasteiger partial charge in [-0.05, 0) is 61.4 Å². The van der Waals surface area contributed by atoms with E-state index in [-0.39, 0.29) is 16.7 Å². The van der Waals surface area contributed by atoms with E-state index >= 15 is 0 Å². The summed E-state index contributed by atoms with van der Waals surface area (Å²) in [6.07, 6.45) is 0.986. The number of methoxy groups -OCH3 is 1. The molecule has 2 aliphatic rings. The summed E-state index contributed by atoms with van der Waals surface area (Å²) >= 11 is 0. The van der Waals surface area contributed by atoms with Crippen LogP contribution in [-0.4, -0.2) is 65.1 Å². The number of hydrogen-bond donors (Lipinski definition) is 1. The molecular weight excluding hydrogens is 430 g/mol. The number of anilines is 2. The average molecular weight is 460 g/mol. The Kier molecular flexibility index (Phi) is 6.98. The van der Waals surface area contributed by atoms with Gasteiger partial charge in [0.15, 0.2) is 0 Å². The van der Waals surface area contributed by atoms with Gasteiger partial charge in [0.05, 0.1) is 25.2 Å². The van der Waals surface area contributed by atoms with E-state index in [4.69, 9.17) is 9.47 Å². The molecule has 2 fully saturated rings. The zero-order chi connectivity index (χ0) is 22.6. The van der Waals surface area contributed by atoms with Gasteiger partial charge < -0.3 is 19.7 Å². The normalized spacial score (nSPS) is 18.3. The van der Waals surface area contributed by atoms with Crippen molar-refractivity contribution in [2.45, 2.75) is 17.7 Å². The molecule has 0 saturated carbocycles. The minimum absolute atomic E-state index is 0.0642. The van der Waals surface area contributed by atoms with Gasteiger partial charge in [0, 0.05) is 43.5 Å². The fourth-order valence-electron chi connectivity index (χ4n) is 4.08. The number of nitrogens with zero attached hydrogens (tertiary/aromatic N) is 2. The van der Waals surface area contributed by atoms with E-state index in [1.807, 2.05) is 24.3 Å². The van der Waals surface area contributed by atoms with E-state index in [0.717, 1.165) is 37.7 Å². The Morgan fingerprint density at radius 1 is 0.969 bits per heavy atom. The lowest BCUT2D eigenvalue weighted by molar-refractivity contribution is -0.120. The molecule has 0 bridgehead atoms. The Morgan fingerprint density at radius 2 is 1.59 bits per heavy atom. The fourth-order valence-corrected chi connectivity index (χ4v) is 5.55. The smallest absolute Gasteiger partial charge is 0.243 e. The fraction of sp³-hybridized carbons (Fsp3) is 0.435. The van der Waals surface area contributed by atoms with Crippen molar-refractivity contribution in [1.29, 1.82) is 0 Å². The summed E-state index contributed by atoms with van der Waals surface area (Å²) in [6, 6.07) is 14.2. The highest BCUT2D eigenvalue weighted by Crippen LogP contribution is 2.26. The highest BCUT2D eigenvalue weighted by molar-refractivity contribution is 7.89. The molecule has 0 atom stereocenters. The number of hydrogen-bond acceptors (Lipinski definition) is 6. The van der Waals surface area contributed by atoms with E-state index in [1.165, 1.54) is 11.4 Å². The zero-order valence-electron chi connectivity index (χ0n) is 18.2. The molecule has 0 radical (unpaired) electrons. The third-order valence-corrected chi connectivity index (χ3v) is 7.95. The Balaban J connectivity index is 1.31. The molecule has 4 rings (SSSR count). The summed E-state index contributed by atoms with van der Waals surface area (Å²) in [5.41, 5.74) is 1.86. The molecule has 2 heterocycles. The summed E-state index contributed by atoms with van der Waals surface area (Å²) in [6.45, 7) is 3.83. The Bertz CT molecular complexity index is 1010. The number of piperidine rings is 1. The molecule has 0 aliphatic carbocycles. The van der Waals surface area contributed by atoms with Crippen molar-refractivity contribution in [2.75, 3.05) is 56.7 Å². The minimum atomic E-state index is -3.58. The lowest BCUT2D eigenvalue weighted by Gasteiger charge is -2.30. The van der Waals surface area contributed by atoms with Crippen molar-refractivity contribution < 1.29 is 22.7 Å². The molecule has 9 heteroatoms. The Hall–Kier alpha value is -2.62. The largest absolute Gasteiger partial charge is 0.497 e. The summed E-state index contributed by atoms with van der Waals surface area (Å²) in [5, 5.41) is 2.98. The number of nitrogens with one attached hydrogen (secondary N) is 1. The van der Waals surface area contributed by atoms with E-state index < -0.39 is 10.0 Å². The second kappa shape index (κ2) is 9.89. The number of carbonyl (C=O) groups is 1. The van der Waals surface area contributed by atoms with Crippen LogP contribution in [0, 0.1) is 5.92 Å². The quantitative estimate of drug-likeness (QED) is 0.714. The van der Waals surface area contributed by atoms with Crippen LogP contribution in [-0.2, 0) is 19.6 Å². The number of carbonyl (C=O) groups excluding carboxylic acids is 1. The van der Waals surface area contributed by atoms with Crippen molar-refractivity contribution in [3.05, 3.63) is 48.5 Å². The van der Waals surface area contributed by atoms with Crippen LogP contribution in [0.15, 0.2) is 53.4 Å². The van der Waals surface area contributed by atoms with E-state index in [9.17, 15) is 13.2 Å². The number of benzene rings is 2. The maximum absolute atomic E-state index is 12.9. The highest BCUT2D eigenvalue weighted by atomic mass is 32.2. The first-order chi connectivity index (χ1) is 15.5. The van der Waals surface area contributed by atoms with Gasteiger partial charge >= 0.3 is 0 Å². The van der Waals surface area contributed by atoms with Crippen LogP contribution in [0.2, 0.25) is 0 Å². The molecule has 1 N–H and O–H groups in total. The van der Waals surface area contributed by atoms with Gasteiger partial charge in [-0.2, -0.15) is 4.31 Å². The van der Waals surface area contributed by atoms with Gasteiger partial charge in [-0.15, -0.1) is 0 Å². The van der Waals surface area contributed by atoms with E-state index in [0.29, 0.717) is 31.7 Å². The summed E-state index contributed by atoms with van der Waals surface area (Å²) in [4.78, 5) is 15.2. The molecule has 32 heavy (non-hydrogen) atoms. The van der Waals surface area contributed by atoms with Gasteiger partial charge in [0.25, 0.3) is 0 Å². The first-order valence-electron chi connectivity index (χ1n) is 10.9. The highest BCUT2D eigenvalue weighted by Gasteiger charge is 2.32. The summed E-state index contributed by atoms with van der Waals surface area (Å²) in [5.74, 6) is 0.333. The molecule has 8 nitrogen and oxygen atoms in total. The van der Waals surface area contributed by atoms with Crippen LogP contribution in [0.3, 0.4) is 0 Å². The first-order valence-corrected chi connectivity index (χ1v) is 12.3. The van der Waals surface area contributed by atoms with Crippen molar-refractivity contribution in [3.8, 4) is 5.75 Å². The Morgan fingerprint density at radius 3 is 2.19 bits per heavy atom. The second-order valence-electron chi connectivity index (χ2n) is 7.99. The summed E-state index contributed by atoms with van der Waals surface area (Å²) in [7, 11) is -2.04. The van der Waals surface area contributed by atoms with Crippen LogP contribution in [0.25, 0.3) is 0 Å². The lowest BCUT2D eigenvalue weighted by Crippen LogP contribution is -2.41. The number of ether oxygens (including phenoxy) is 2. The monoisotopic (exact) mass is 459 g/mol. The van der Waals surface area contributed by atoms with Crippen LogP contribution in [0.5, 0.6) is 5.75 Å². The number of rotatable bonds is 6. The van der Waals surface area contributed by atoms with Gasteiger partial charge in [0.2, 0.25) is 15.9 Å². The molecular formula is C23H29N3O5S. The average Bonchev–Trinajstić information content (AvgIpc) is 2.85. The van der Waals surface area contributed by atoms with Crippen LogP contribution in [0.1, 0.15) is 12.8 Å². The molecule has 0 aromatic heterocycles. The number of morpholine rings is 1. The van der Waals surface area contributed by atoms with Crippen LogP contribution < -0.4 is 15.0 Å². The maximum Gasteiger partial charge on any atom is 0.243 e. The third-order valence-electron chi connectivity index (χ3n) is 6.03. The molecule has 2 aromatic carbocycles. The van der Waals surface area contributed by atoms with Crippen molar-refractivity contribution >= 4 is 27.3 Å². The predicted molar refractivity (Wildman–Crippen MR) is 123 cm³/mol. The van der Waals surface area contributed by atoms with Crippen molar-refractivity contribution in [3.63, 3.8) is 0 Å². The van der Waals surface area contributed by atoms with Crippen molar-refractivity contribution in [1.82, 2.24) is 4.31 Å². The standard InChI is InChI=1S/C23H29N3O5S/c1-30-21-6-8-22(9-7-21)32(28,29)26-12-10-18(11-13-26)23(27)24-19-2-4-20(5-3-19)25-14-16-31-17-15-25/h2-9,18H,10-17H2,1H3,(H,24,27). The third kappa shape index (κ3) is 5.06. The first kappa shape index (κ1) is 22.6. The Labute approximate surface area is 189 Å². The second-order valence-corrected chi connectivity index (χ2v) is 9.93. The van der Waals surface area contributed by atoms with Crippen molar-refractivity contribution in [2.24, 2.45) is 5.92 Å². The zero-order valence-corrected chi connectivity index (χ0v) is 19.0. The minimum Gasteiger partial charge on any atom is -0.497 e. The molecule has 1 amide bonds.